The largest absolute Gasteiger partial charge is 0.298 e. The minimum atomic E-state index is -3.26. The van der Waals surface area contributed by atoms with E-state index in [1.54, 1.807) is 0 Å². The van der Waals surface area contributed by atoms with E-state index in [9.17, 15) is 8.42 Å². The Bertz CT molecular complexity index is 827. The van der Waals surface area contributed by atoms with Crippen molar-refractivity contribution in [3.63, 3.8) is 0 Å². The van der Waals surface area contributed by atoms with E-state index in [-0.39, 0.29) is 5.92 Å². The molecule has 1 atom stereocenters. The van der Waals surface area contributed by atoms with E-state index in [0.29, 0.717) is 9.90 Å². The number of aryl methyl sites for hydroxylation is 1. The van der Waals surface area contributed by atoms with Crippen LogP contribution in [0.5, 0.6) is 0 Å². The molecule has 3 rings (SSSR count). The van der Waals surface area contributed by atoms with Gasteiger partial charge in [-0.15, -0.1) is 5.10 Å². The SMILES string of the molecule is CCCn1ncc(CN2CCCC(c3nnsc3S(C)(=O)=O)C2)c1C. The summed E-state index contributed by atoms with van der Waals surface area (Å²) < 4.78 is 30.2. The van der Waals surface area contributed by atoms with Gasteiger partial charge < -0.3 is 0 Å². The van der Waals surface area contributed by atoms with Gasteiger partial charge in [0.25, 0.3) is 0 Å². The highest BCUT2D eigenvalue weighted by Gasteiger charge is 2.29. The van der Waals surface area contributed by atoms with Gasteiger partial charge in [-0.3, -0.25) is 9.58 Å². The fourth-order valence-electron chi connectivity index (χ4n) is 3.44. The number of likely N-dealkylation sites (tertiary alicyclic amines) is 1. The summed E-state index contributed by atoms with van der Waals surface area (Å²) in [5.41, 5.74) is 3.11. The molecule has 0 saturated carbocycles. The van der Waals surface area contributed by atoms with Crippen LogP contribution in [-0.4, -0.2) is 52.0 Å². The molecule has 1 saturated heterocycles. The molecule has 1 aliphatic rings. The second-order valence-electron chi connectivity index (χ2n) is 6.77. The van der Waals surface area contributed by atoms with Crippen molar-refractivity contribution in [3.8, 4) is 0 Å². The summed E-state index contributed by atoms with van der Waals surface area (Å²) in [6, 6.07) is 0. The summed E-state index contributed by atoms with van der Waals surface area (Å²) in [6.45, 7) is 7.88. The molecule has 25 heavy (non-hydrogen) atoms. The zero-order valence-electron chi connectivity index (χ0n) is 15.0. The molecule has 2 aromatic rings. The minimum Gasteiger partial charge on any atom is -0.298 e. The highest BCUT2D eigenvalue weighted by molar-refractivity contribution is 7.92. The van der Waals surface area contributed by atoms with E-state index >= 15 is 0 Å². The first-order valence-electron chi connectivity index (χ1n) is 8.66. The molecule has 1 unspecified atom stereocenters. The molecule has 0 aromatic carbocycles. The van der Waals surface area contributed by atoms with Crippen LogP contribution < -0.4 is 0 Å². The van der Waals surface area contributed by atoms with Gasteiger partial charge >= 0.3 is 0 Å². The topological polar surface area (TPSA) is 81.0 Å². The predicted molar refractivity (Wildman–Crippen MR) is 97.5 cm³/mol. The lowest BCUT2D eigenvalue weighted by Gasteiger charge is -2.32. The number of sulfone groups is 1. The summed E-state index contributed by atoms with van der Waals surface area (Å²) >= 11 is 0.986. The van der Waals surface area contributed by atoms with Crippen LogP contribution in [0, 0.1) is 6.92 Å². The van der Waals surface area contributed by atoms with Crippen LogP contribution >= 0.6 is 11.5 Å². The van der Waals surface area contributed by atoms with E-state index in [1.807, 2.05) is 6.20 Å². The Morgan fingerprint density at radius 3 is 2.92 bits per heavy atom. The first kappa shape index (κ1) is 18.5. The lowest BCUT2D eigenvalue weighted by Crippen LogP contribution is -2.34. The zero-order chi connectivity index (χ0) is 18.0. The van der Waals surface area contributed by atoms with Crippen molar-refractivity contribution in [2.45, 2.75) is 56.3 Å². The molecule has 1 fully saturated rings. The van der Waals surface area contributed by atoms with E-state index < -0.39 is 9.84 Å². The lowest BCUT2D eigenvalue weighted by molar-refractivity contribution is 0.197. The average molecular weight is 384 g/mol. The molecule has 0 amide bonds. The molecule has 0 N–H and O–H groups in total. The number of piperidine rings is 1. The van der Waals surface area contributed by atoms with Crippen LogP contribution in [0.25, 0.3) is 0 Å². The Balaban J connectivity index is 1.73. The Hall–Kier alpha value is -1.32. The lowest BCUT2D eigenvalue weighted by atomic mass is 9.95. The fraction of sp³-hybridized carbons (Fsp3) is 0.688. The Kier molecular flexibility index (Phi) is 5.55. The first-order chi connectivity index (χ1) is 11.9. The quantitative estimate of drug-likeness (QED) is 0.761. The van der Waals surface area contributed by atoms with Crippen LogP contribution in [-0.2, 0) is 22.9 Å². The number of aromatic nitrogens is 4. The van der Waals surface area contributed by atoms with Crippen LogP contribution in [0.3, 0.4) is 0 Å². The van der Waals surface area contributed by atoms with Gasteiger partial charge in [0.15, 0.2) is 14.0 Å². The van der Waals surface area contributed by atoms with Gasteiger partial charge in [-0.05, 0) is 32.7 Å². The highest BCUT2D eigenvalue weighted by Crippen LogP contribution is 2.32. The highest BCUT2D eigenvalue weighted by atomic mass is 32.2. The summed E-state index contributed by atoms with van der Waals surface area (Å²) in [5, 5.41) is 8.62. The minimum absolute atomic E-state index is 0.128. The van der Waals surface area contributed by atoms with E-state index in [4.69, 9.17) is 0 Å². The van der Waals surface area contributed by atoms with E-state index in [1.165, 1.54) is 17.5 Å². The third kappa shape index (κ3) is 4.09. The molecule has 0 aliphatic carbocycles. The van der Waals surface area contributed by atoms with Gasteiger partial charge in [0, 0.05) is 54.6 Å². The Labute approximate surface area is 153 Å². The summed E-state index contributed by atoms with van der Waals surface area (Å²) in [6.07, 6.45) is 6.25. The number of hydrogen-bond donors (Lipinski definition) is 0. The van der Waals surface area contributed by atoms with Crippen molar-refractivity contribution in [2.75, 3.05) is 19.3 Å². The second-order valence-corrected chi connectivity index (χ2v) is 9.74. The maximum absolute atomic E-state index is 11.9. The average Bonchev–Trinajstić information content (AvgIpc) is 3.18. The van der Waals surface area contributed by atoms with Gasteiger partial charge in [-0.25, -0.2) is 8.42 Å². The zero-order valence-corrected chi connectivity index (χ0v) is 16.6. The normalized spacial score (nSPS) is 19.4. The molecule has 2 aromatic heterocycles. The van der Waals surface area contributed by atoms with Crippen LogP contribution in [0.15, 0.2) is 10.4 Å². The van der Waals surface area contributed by atoms with Crippen molar-refractivity contribution in [1.29, 1.82) is 0 Å². The number of hydrogen-bond acceptors (Lipinski definition) is 7. The van der Waals surface area contributed by atoms with Crippen molar-refractivity contribution < 1.29 is 8.42 Å². The third-order valence-corrected chi connectivity index (χ3v) is 7.30. The fourth-order valence-corrected chi connectivity index (χ4v) is 5.17. The number of rotatable bonds is 6. The first-order valence-corrected chi connectivity index (χ1v) is 11.3. The maximum atomic E-state index is 11.9. The molecule has 0 spiro atoms. The van der Waals surface area contributed by atoms with Crippen molar-refractivity contribution >= 4 is 21.4 Å². The summed E-state index contributed by atoms with van der Waals surface area (Å²) in [7, 11) is -3.26. The second kappa shape index (κ2) is 7.51. The van der Waals surface area contributed by atoms with Gasteiger partial charge in [0.2, 0.25) is 0 Å². The van der Waals surface area contributed by atoms with Crippen molar-refractivity contribution in [2.24, 2.45) is 0 Å². The van der Waals surface area contributed by atoms with Gasteiger partial charge in [0.1, 0.15) is 0 Å². The maximum Gasteiger partial charge on any atom is 0.188 e. The smallest absolute Gasteiger partial charge is 0.188 e. The van der Waals surface area contributed by atoms with Gasteiger partial charge in [-0.1, -0.05) is 11.4 Å². The third-order valence-electron chi connectivity index (χ3n) is 4.74. The van der Waals surface area contributed by atoms with Gasteiger partial charge in [0.05, 0.1) is 11.9 Å². The monoisotopic (exact) mass is 383 g/mol. The molecule has 1 aliphatic heterocycles. The van der Waals surface area contributed by atoms with Crippen LogP contribution in [0.1, 0.15) is 49.1 Å². The summed E-state index contributed by atoms with van der Waals surface area (Å²) in [4.78, 5) is 2.37. The van der Waals surface area contributed by atoms with Gasteiger partial charge in [-0.2, -0.15) is 5.10 Å². The molecule has 9 heteroatoms. The molecule has 7 nitrogen and oxygen atoms in total. The molecular weight excluding hydrogens is 358 g/mol. The predicted octanol–water partition coefficient (Wildman–Crippen LogP) is 2.24. The van der Waals surface area contributed by atoms with Crippen molar-refractivity contribution in [3.05, 3.63) is 23.1 Å². The van der Waals surface area contributed by atoms with E-state index in [2.05, 4.69) is 38.1 Å². The number of nitrogens with zero attached hydrogens (tertiary/aromatic N) is 5. The molecule has 0 bridgehead atoms. The standard InChI is InChI=1S/C16H25N5O2S2/c1-4-7-21-12(2)14(9-17-21)11-20-8-5-6-13(10-20)15-16(24-19-18-15)25(3,22)23/h9,13H,4-8,10-11H2,1-3H3. The van der Waals surface area contributed by atoms with Crippen LogP contribution in [0.4, 0.5) is 0 Å². The summed E-state index contributed by atoms with van der Waals surface area (Å²) in [5.74, 6) is 0.128. The van der Waals surface area contributed by atoms with Crippen LogP contribution in [0.2, 0.25) is 0 Å². The molecular formula is C16H25N5O2S2. The molecule has 0 radical (unpaired) electrons. The Morgan fingerprint density at radius 1 is 1.40 bits per heavy atom. The van der Waals surface area contributed by atoms with E-state index in [0.717, 1.165) is 57.0 Å². The molecule has 138 valence electrons. The Morgan fingerprint density at radius 2 is 2.20 bits per heavy atom. The van der Waals surface area contributed by atoms with Crippen molar-refractivity contribution in [1.82, 2.24) is 24.3 Å². The molecule has 3 heterocycles.